The number of carbonyl (C=O) groups is 2. The zero-order valence-electron chi connectivity index (χ0n) is 24.1. The molecule has 3 N–H and O–H groups in total. The number of hydrogen-bond donors (Lipinski definition) is 2. The fourth-order valence-electron chi connectivity index (χ4n) is 4.76. The highest BCUT2D eigenvalue weighted by atomic mass is 32.2. The zero-order chi connectivity index (χ0) is 31.1. The van der Waals surface area contributed by atoms with Crippen molar-refractivity contribution in [3.63, 3.8) is 0 Å². The maximum atomic E-state index is 14.0. The van der Waals surface area contributed by atoms with Crippen LogP contribution in [-0.4, -0.2) is 55.9 Å². The summed E-state index contributed by atoms with van der Waals surface area (Å²) in [5.41, 5.74) is 9.05. The summed E-state index contributed by atoms with van der Waals surface area (Å²) in [4.78, 5) is 23.6. The Bertz CT molecular complexity index is 1710. The van der Waals surface area contributed by atoms with Gasteiger partial charge in [0.15, 0.2) is 17.3 Å². The van der Waals surface area contributed by atoms with Crippen LogP contribution in [0.1, 0.15) is 28.4 Å². The number of carboxylic acids is 1. The van der Waals surface area contributed by atoms with E-state index < -0.39 is 28.1 Å². The number of aliphatic carboxylic acids is 1. The van der Waals surface area contributed by atoms with Gasteiger partial charge in [0, 0.05) is 18.2 Å². The molecule has 9 nitrogen and oxygen atoms in total. The molecule has 1 aliphatic rings. The third-order valence-electron chi connectivity index (χ3n) is 7.11. The van der Waals surface area contributed by atoms with Crippen molar-refractivity contribution in [3.8, 4) is 22.6 Å². The molecule has 0 spiro atoms. The van der Waals surface area contributed by atoms with Gasteiger partial charge < -0.3 is 20.3 Å². The second-order valence-corrected chi connectivity index (χ2v) is 11.9. The Morgan fingerprint density at radius 2 is 1.44 bits per heavy atom. The summed E-state index contributed by atoms with van der Waals surface area (Å²) in [5, 5.41) is 7.87. The lowest BCUT2D eigenvalue weighted by molar-refractivity contribution is -0.138. The molecule has 0 saturated heterocycles. The first-order valence-electron chi connectivity index (χ1n) is 13.6. The minimum atomic E-state index is -4.05. The van der Waals surface area contributed by atoms with E-state index in [2.05, 4.69) is 0 Å². The summed E-state index contributed by atoms with van der Waals surface area (Å²) in [7, 11) is -1.10. The number of carbonyl (C=O) groups excluding carboxylic acids is 1. The van der Waals surface area contributed by atoms with E-state index in [9.17, 15) is 18.0 Å². The average Bonchev–Trinajstić information content (AvgIpc) is 3.04. The lowest BCUT2D eigenvalue weighted by Crippen LogP contribution is -2.48. The van der Waals surface area contributed by atoms with Crippen molar-refractivity contribution in [2.45, 2.75) is 36.9 Å². The molecule has 4 aromatic carbocycles. The fourth-order valence-corrected chi connectivity index (χ4v) is 6.34. The number of fused-ring (bicyclic) bond motifs is 1. The van der Waals surface area contributed by atoms with Crippen LogP contribution in [0.2, 0.25) is 0 Å². The summed E-state index contributed by atoms with van der Waals surface area (Å²) in [5.74, 6) is -0.471. The van der Waals surface area contributed by atoms with Crippen LogP contribution in [-0.2, 0) is 27.8 Å². The molecule has 0 radical (unpaired) electrons. The highest BCUT2D eigenvalue weighted by Crippen LogP contribution is 2.35. The minimum Gasteiger partial charge on any atom is -0.493 e. The standard InChI is InChI=1S/C30H27NO5S.C3H7NO2/c1-35-28-16-15-26(19-29(28)36-2)37(33,34)31-20-25-12-7-6-11-23(25)18-27(31)30(32)24-14-8-13-22(17-24)21-9-4-3-5-10-21;1-2(4)3(5)6/h3-17,19,27H,18,20H2,1-2H3;2H,4H2,1H3,(H,5,6)/t27-;/m0./s1. The van der Waals surface area contributed by atoms with Gasteiger partial charge >= 0.3 is 5.97 Å². The summed E-state index contributed by atoms with van der Waals surface area (Å²) in [6.45, 7) is 1.52. The summed E-state index contributed by atoms with van der Waals surface area (Å²) < 4.78 is 39.9. The van der Waals surface area contributed by atoms with Crippen molar-refractivity contribution in [2.75, 3.05) is 14.2 Å². The summed E-state index contributed by atoms with van der Waals surface area (Å²) in [6, 6.07) is 27.7. The van der Waals surface area contributed by atoms with Crippen LogP contribution in [0.15, 0.2) is 102 Å². The average molecular weight is 603 g/mol. The van der Waals surface area contributed by atoms with Crippen molar-refractivity contribution < 1.29 is 32.6 Å². The Morgan fingerprint density at radius 1 is 0.837 bits per heavy atom. The predicted molar refractivity (Wildman–Crippen MR) is 164 cm³/mol. The molecule has 2 atom stereocenters. The molecule has 10 heteroatoms. The van der Waals surface area contributed by atoms with Crippen LogP contribution in [0, 0.1) is 0 Å². The third-order valence-corrected chi connectivity index (χ3v) is 8.96. The van der Waals surface area contributed by atoms with Gasteiger partial charge in [-0.05, 0) is 53.8 Å². The van der Waals surface area contributed by atoms with Crippen LogP contribution in [0.4, 0.5) is 0 Å². The first-order chi connectivity index (χ1) is 20.6. The van der Waals surface area contributed by atoms with Gasteiger partial charge in [0.05, 0.1) is 25.2 Å². The van der Waals surface area contributed by atoms with Crippen LogP contribution in [0.25, 0.3) is 11.1 Å². The topological polar surface area (TPSA) is 136 Å². The normalized spacial score (nSPS) is 15.3. The van der Waals surface area contributed by atoms with Crippen LogP contribution in [0.3, 0.4) is 0 Å². The van der Waals surface area contributed by atoms with E-state index in [-0.39, 0.29) is 23.6 Å². The van der Waals surface area contributed by atoms with E-state index >= 15 is 0 Å². The number of nitrogens with two attached hydrogens (primary N) is 1. The molecule has 0 saturated carbocycles. The van der Waals surface area contributed by atoms with Crippen molar-refractivity contribution in [1.29, 1.82) is 0 Å². The summed E-state index contributed by atoms with van der Waals surface area (Å²) >= 11 is 0. The number of benzene rings is 4. The van der Waals surface area contributed by atoms with Gasteiger partial charge in [0.1, 0.15) is 6.04 Å². The van der Waals surface area contributed by atoms with E-state index in [0.29, 0.717) is 17.1 Å². The summed E-state index contributed by atoms with van der Waals surface area (Å²) in [6.07, 6.45) is 0.289. The smallest absolute Gasteiger partial charge is 0.320 e. The maximum Gasteiger partial charge on any atom is 0.320 e. The number of rotatable bonds is 8. The molecule has 1 aliphatic heterocycles. The zero-order valence-corrected chi connectivity index (χ0v) is 25.0. The highest BCUT2D eigenvalue weighted by Gasteiger charge is 2.40. The Hall–Kier alpha value is -4.51. The van der Waals surface area contributed by atoms with Crippen LogP contribution in [0.5, 0.6) is 11.5 Å². The number of sulfonamides is 1. The predicted octanol–water partition coefficient (Wildman–Crippen LogP) is 4.79. The fraction of sp³-hybridized carbons (Fsp3) is 0.212. The Kier molecular flexibility index (Phi) is 9.97. The molecule has 0 amide bonds. The van der Waals surface area contributed by atoms with E-state index in [1.165, 1.54) is 37.6 Å². The molecule has 1 heterocycles. The number of nitrogens with zero attached hydrogens (tertiary/aromatic N) is 1. The van der Waals surface area contributed by atoms with Gasteiger partial charge in [-0.25, -0.2) is 8.42 Å². The number of ether oxygens (including phenoxy) is 2. The molecule has 4 aromatic rings. The second kappa shape index (κ2) is 13.6. The maximum absolute atomic E-state index is 14.0. The SMILES string of the molecule is CC(N)C(=O)O.COc1ccc(S(=O)(=O)N2Cc3ccccc3C[C@H]2C(=O)c2cccc(-c3ccccc3)c2)cc1OC. The number of ketones is 1. The molecular weight excluding hydrogens is 568 g/mol. The molecule has 0 fully saturated rings. The van der Waals surface area contributed by atoms with E-state index in [4.69, 9.17) is 20.3 Å². The molecule has 224 valence electrons. The Morgan fingerprint density at radius 3 is 2.07 bits per heavy atom. The van der Waals surface area contributed by atoms with Gasteiger partial charge in [0.2, 0.25) is 10.0 Å². The van der Waals surface area contributed by atoms with E-state index in [1.807, 2.05) is 72.8 Å². The van der Waals surface area contributed by atoms with Gasteiger partial charge in [-0.2, -0.15) is 4.31 Å². The molecule has 5 rings (SSSR count). The molecule has 0 aromatic heterocycles. The van der Waals surface area contributed by atoms with Crippen molar-refractivity contribution in [1.82, 2.24) is 4.31 Å². The lowest BCUT2D eigenvalue weighted by Gasteiger charge is -2.35. The van der Waals surface area contributed by atoms with Gasteiger partial charge in [-0.15, -0.1) is 0 Å². The molecule has 0 bridgehead atoms. The number of carboxylic acid groups (broad SMARTS) is 1. The largest absolute Gasteiger partial charge is 0.493 e. The highest BCUT2D eigenvalue weighted by molar-refractivity contribution is 7.89. The Labute approximate surface area is 251 Å². The molecular formula is C33H34N2O7S. The molecule has 0 aliphatic carbocycles. The molecule has 43 heavy (non-hydrogen) atoms. The third kappa shape index (κ3) is 7.11. The van der Waals surface area contributed by atoms with Crippen molar-refractivity contribution in [2.24, 2.45) is 5.73 Å². The quantitative estimate of drug-likeness (QED) is 0.275. The van der Waals surface area contributed by atoms with Crippen LogP contribution < -0.4 is 15.2 Å². The number of Topliss-reactive ketones (excluding diaryl/α,β-unsaturated/α-hetero) is 1. The van der Waals surface area contributed by atoms with Gasteiger partial charge in [-0.1, -0.05) is 72.8 Å². The van der Waals surface area contributed by atoms with E-state index in [1.54, 1.807) is 12.1 Å². The van der Waals surface area contributed by atoms with Gasteiger partial charge in [-0.3, -0.25) is 9.59 Å². The second-order valence-electron chi connectivity index (χ2n) is 9.99. The molecule has 1 unspecified atom stereocenters. The minimum absolute atomic E-state index is 0.0420. The Balaban J connectivity index is 0.000000641. The number of hydrogen-bond acceptors (Lipinski definition) is 7. The first-order valence-corrected chi connectivity index (χ1v) is 15.0. The lowest BCUT2D eigenvalue weighted by atomic mass is 9.90. The monoisotopic (exact) mass is 602 g/mol. The van der Waals surface area contributed by atoms with E-state index in [0.717, 1.165) is 22.3 Å². The first kappa shape index (κ1) is 31.4. The van der Waals surface area contributed by atoms with Crippen molar-refractivity contribution >= 4 is 21.8 Å². The van der Waals surface area contributed by atoms with Crippen molar-refractivity contribution in [3.05, 3.63) is 114 Å². The van der Waals surface area contributed by atoms with Crippen LogP contribution >= 0.6 is 0 Å². The number of methoxy groups -OCH3 is 2. The van der Waals surface area contributed by atoms with Gasteiger partial charge in [0.25, 0.3) is 0 Å².